The molecule has 2 aromatic carbocycles. The summed E-state index contributed by atoms with van der Waals surface area (Å²) in [7, 11) is 0. The Labute approximate surface area is 143 Å². The number of aromatic amines is 1. The highest BCUT2D eigenvalue weighted by molar-refractivity contribution is 6.31. The fourth-order valence-corrected chi connectivity index (χ4v) is 3.68. The molecule has 5 nitrogen and oxygen atoms in total. The van der Waals surface area contributed by atoms with E-state index < -0.39 is 0 Å². The normalized spacial score (nSPS) is 17.0. The Morgan fingerprint density at radius 1 is 1.25 bits per heavy atom. The number of nitrogens with one attached hydrogen (secondary N) is 2. The average molecular weight is 342 g/mol. The van der Waals surface area contributed by atoms with Gasteiger partial charge in [0.05, 0.1) is 11.0 Å². The molecule has 122 valence electrons. The zero-order chi connectivity index (χ0) is 16.8. The molecule has 0 aliphatic carbocycles. The number of halogens is 1. The van der Waals surface area contributed by atoms with Crippen LogP contribution in [0, 0.1) is 17.0 Å². The van der Waals surface area contributed by atoms with E-state index in [0.717, 1.165) is 35.2 Å². The van der Waals surface area contributed by atoms with Crippen molar-refractivity contribution < 1.29 is 4.92 Å². The molecule has 6 heteroatoms. The Hall–Kier alpha value is -2.37. The Bertz CT molecular complexity index is 947. The van der Waals surface area contributed by atoms with E-state index in [9.17, 15) is 10.1 Å². The first-order chi connectivity index (χ1) is 11.5. The maximum absolute atomic E-state index is 11.4. The van der Waals surface area contributed by atoms with E-state index in [1.807, 2.05) is 6.07 Å². The Morgan fingerprint density at radius 2 is 2.00 bits per heavy atom. The number of hydrogen-bond acceptors (Lipinski definition) is 3. The second-order valence-corrected chi connectivity index (χ2v) is 6.61. The number of aromatic nitrogens is 1. The van der Waals surface area contributed by atoms with Crippen molar-refractivity contribution in [3.63, 3.8) is 0 Å². The number of nitro groups is 1. The lowest BCUT2D eigenvalue weighted by atomic mass is 9.94. The van der Waals surface area contributed by atoms with Crippen molar-refractivity contribution in [3.05, 3.63) is 73.9 Å². The van der Waals surface area contributed by atoms with Gasteiger partial charge < -0.3 is 10.3 Å². The van der Waals surface area contributed by atoms with Gasteiger partial charge in [-0.25, -0.2) is 0 Å². The first kappa shape index (κ1) is 15.2. The molecule has 0 spiro atoms. The summed E-state index contributed by atoms with van der Waals surface area (Å²) in [6, 6.07) is 11.6. The van der Waals surface area contributed by atoms with Crippen LogP contribution in [-0.4, -0.2) is 16.5 Å². The second-order valence-electron chi connectivity index (χ2n) is 6.17. The van der Waals surface area contributed by atoms with Crippen molar-refractivity contribution in [1.82, 2.24) is 10.3 Å². The minimum Gasteiger partial charge on any atom is -0.351 e. The summed E-state index contributed by atoms with van der Waals surface area (Å²) >= 11 is 6.10. The molecule has 2 heterocycles. The van der Waals surface area contributed by atoms with Gasteiger partial charge in [0, 0.05) is 28.7 Å². The van der Waals surface area contributed by atoms with Gasteiger partial charge >= 0.3 is 0 Å². The summed E-state index contributed by atoms with van der Waals surface area (Å²) < 4.78 is 0. The molecular formula is C18H16ClN3O2. The molecule has 24 heavy (non-hydrogen) atoms. The quantitative estimate of drug-likeness (QED) is 0.540. The lowest BCUT2D eigenvalue weighted by Gasteiger charge is -2.25. The highest BCUT2D eigenvalue weighted by atomic mass is 35.5. The summed E-state index contributed by atoms with van der Waals surface area (Å²) in [5, 5.41) is 16.1. The van der Waals surface area contributed by atoms with Gasteiger partial charge in [0.25, 0.3) is 5.69 Å². The van der Waals surface area contributed by atoms with Crippen LogP contribution in [0.2, 0.25) is 5.02 Å². The summed E-state index contributed by atoms with van der Waals surface area (Å²) in [6.45, 7) is 2.87. The van der Waals surface area contributed by atoms with Gasteiger partial charge in [0.1, 0.15) is 5.52 Å². The van der Waals surface area contributed by atoms with E-state index in [1.54, 1.807) is 0 Å². The highest BCUT2D eigenvalue weighted by Gasteiger charge is 2.28. The molecule has 0 bridgehead atoms. The number of aryl methyl sites for hydroxylation is 1. The third-order valence-electron chi connectivity index (χ3n) is 4.61. The van der Waals surface area contributed by atoms with Gasteiger partial charge in [-0.1, -0.05) is 41.4 Å². The van der Waals surface area contributed by atoms with Crippen LogP contribution in [0.3, 0.4) is 0 Å². The highest BCUT2D eigenvalue weighted by Crippen LogP contribution is 2.38. The lowest BCUT2D eigenvalue weighted by molar-refractivity contribution is -0.383. The summed E-state index contributed by atoms with van der Waals surface area (Å²) in [5.74, 6) is 0. The van der Waals surface area contributed by atoms with E-state index in [4.69, 9.17) is 11.6 Å². The van der Waals surface area contributed by atoms with Crippen LogP contribution >= 0.6 is 11.6 Å². The number of fused-ring (bicyclic) bond motifs is 3. The van der Waals surface area contributed by atoms with Gasteiger partial charge in [-0.15, -0.1) is 0 Å². The van der Waals surface area contributed by atoms with E-state index in [-0.39, 0.29) is 16.7 Å². The zero-order valence-electron chi connectivity index (χ0n) is 13.1. The Kier molecular flexibility index (Phi) is 3.55. The third kappa shape index (κ3) is 2.37. The van der Waals surface area contributed by atoms with Crippen molar-refractivity contribution in [2.24, 2.45) is 0 Å². The minimum absolute atomic E-state index is 0.000120. The topological polar surface area (TPSA) is 71.0 Å². The van der Waals surface area contributed by atoms with Crippen molar-refractivity contribution >= 4 is 28.2 Å². The first-order valence-electron chi connectivity index (χ1n) is 7.83. The molecule has 1 unspecified atom stereocenters. The number of nitrogens with zero attached hydrogens (tertiary/aromatic N) is 1. The van der Waals surface area contributed by atoms with Gasteiger partial charge in [-0.3, -0.25) is 10.1 Å². The molecule has 1 aliphatic heterocycles. The van der Waals surface area contributed by atoms with Gasteiger partial charge in [-0.2, -0.15) is 0 Å². The summed E-state index contributed by atoms with van der Waals surface area (Å²) in [5.41, 5.74) is 5.02. The largest absolute Gasteiger partial charge is 0.351 e. The van der Waals surface area contributed by atoms with E-state index in [0.29, 0.717) is 10.5 Å². The maximum Gasteiger partial charge on any atom is 0.294 e. The maximum atomic E-state index is 11.4. The van der Waals surface area contributed by atoms with Crippen molar-refractivity contribution in [2.75, 3.05) is 6.54 Å². The molecule has 0 amide bonds. The molecule has 1 aromatic heterocycles. The molecule has 4 rings (SSSR count). The summed E-state index contributed by atoms with van der Waals surface area (Å²) in [6.07, 6.45) is 0.815. The predicted octanol–water partition coefficient (Wildman–Crippen LogP) is 4.27. The molecule has 2 N–H and O–H groups in total. The average Bonchev–Trinajstić information content (AvgIpc) is 2.93. The summed E-state index contributed by atoms with van der Waals surface area (Å²) in [4.78, 5) is 14.3. The van der Waals surface area contributed by atoms with Crippen LogP contribution in [0.1, 0.15) is 28.4 Å². The zero-order valence-corrected chi connectivity index (χ0v) is 13.9. The minimum atomic E-state index is -0.384. The molecule has 0 saturated heterocycles. The van der Waals surface area contributed by atoms with Crippen molar-refractivity contribution in [3.8, 4) is 0 Å². The predicted molar refractivity (Wildman–Crippen MR) is 94.7 cm³/mol. The number of H-pyrrole nitrogens is 1. The number of non-ortho nitro benzene ring substituents is 1. The van der Waals surface area contributed by atoms with Crippen molar-refractivity contribution in [1.29, 1.82) is 0 Å². The van der Waals surface area contributed by atoms with E-state index in [1.165, 1.54) is 11.6 Å². The molecule has 1 atom stereocenters. The fraction of sp³-hybridized carbons (Fsp3) is 0.222. The van der Waals surface area contributed by atoms with Gasteiger partial charge in [0.2, 0.25) is 0 Å². The molecule has 1 aliphatic rings. The molecule has 0 saturated carbocycles. The van der Waals surface area contributed by atoms with Crippen LogP contribution in [0.25, 0.3) is 10.9 Å². The Balaban J connectivity index is 1.93. The van der Waals surface area contributed by atoms with Gasteiger partial charge in [-0.05, 0) is 30.5 Å². The van der Waals surface area contributed by atoms with Crippen LogP contribution in [0.4, 0.5) is 5.69 Å². The van der Waals surface area contributed by atoms with Crippen LogP contribution < -0.4 is 5.32 Å². The fourth-order valence-electron chi connectivity index (χ4n) is 3.46. The number of hydrogen-bond donors (Lipinski definition) is 2. The smallest absolute Gasteiger partial charge is 0.294 e. The number of nitro benzene ring substituents is 1. The standard InChI is InChI=1S/C18H16ClN3O2/c1-10-2-4-11(5-3-10)16-18-13(6-7-20-16)14-8-12(19)9-15(22(23)24)17(14)21-18/h2-5,8-9,16,20-21H,6-7H2,1H3. The molecule has 0 fully saturated rings. The molecule has 3 aromatic rings. The van der Waals surface area contributed by atoms with Crippen LogP contribution in [0.5, 0.6) is 0 Å². The van der Waals surface area contributed by atoms with E-state index in [2.05, 4.69) is 41.5 Å². The van der Waals surface area contributed by atoms with E-state index >= 15 is 0 Å². The SMILES string of the molecule is Cc1ccc(C2NCCc3c2[nH]c2c([N+](=O)[O-])cc(Cl)cc32)cc1. The molecule has 0 radical (unpaired) electrons. The number of rotatable bonds is 2. The Morgan fingerprint density at radius 3 is 2.71 bits per heavy atom. The third-order valence-corrected chi connectivity index (χ3v) is 4.83. The monoisotopic (exact) mass is 341 g/mol. The van der Waals surface area contributed by atoms with Gasteiger partial charge in [0.15, 0.2) is 0 Å². The number of benzene rings is 2. The molecular weight excluding hydrogens is 326 g/mol. The van der Waals surface area contributed by atoms with Crippen LogP contribution in [-0.2, 0) is 6.42 Å². The second kappa shape index (κ2) is 5.61. The first-order valence-corrected chi connectivity index (χ1v) is 8.20. The lowest BCUT2D eigenvalue weighted by Crippen LogP contribution is -2.30. The van der Waals surface area contributed by atoms with Crippen LogP contribution in [0.15, 0.2) is 36.4 Å². The van der Waals surface area contributed by atoms with Crippen molar-refractivity contribution in [2.45, 2.75) is 19.4 Å².